The van der Waals surface area contributed by atoms with Crippen molar-refractivity contribution < 1.29 is 42.9 Å². The minimum Gasteiger partial charge on any atom is -0.385 e. The van der Waals surface area contributed by atoms with Crippen LogP contribution in [0.4, 0.5) is 5.82 Å². The van der Waals surface area contributed by atoms with Gasteiger partial charge in [-0.2, -0.15) is 0 Å². The van der Waals surface area contributed by atoms with E-state index in [4.69, 9.17) is 20.1 Å². The van der Waals surface area contributed by atoms with Crippen LogP contribution in [-0.2, 0) is 22.9 Å². The molecule has 0 aliphatic carbocycles. The number of nitrogens with two attached hydrogens (primary N) is 1. The fourth-order valence-electron chi connectivity index (χ4n) is 2.48. The number of aliphatic hydroxyl groups excluding tert-OH is 2. The van der Waals surface area contributed by atoms with Gasteiger partial charge >= 0.3 is 15.2 Å². The van der Waals surface area contributed by atoms with E-state index in [1.54, 1.807) is 0 Å². The molecule has 2 aromatic heterocycles. The quantitative estimate of drug-likeness (QED) is 0.351. The Labute approximate surface area is 151 Å². The molecule has 0 amide bonds. The van der Waals surface area contributed by atoms with E-state index in [9.17, 15) is 24.2 Å². The van der Waals surface area contributed by atoms with Crippen LogP contribution in [-0.4, -0.2) is 71.0 Å². The van der Waals surface area contributed by atoms with E-state index in [-0.39, 0.29) is 17.0 Å². The minimum atomic E-state index is -4.60. The topological polar surface area (TPSA) is 212 Å². The number of nitrogen functional groups attached to an aromatic ring is 1. The zero-order valence-electron chi connectivity index (χ0n) is 13.8. The third-order valence-corrected chi connectivity index (χ3v) is 6.24. The maximum Gasteiger partial charge on any atom is 0.360 e. The van der Waals surface area contributed by atoms with Crippen molar-refractivity contribution in [3.05, 3.63) is 12.7 Å². The molecule has 6 atom stereocenters. The number of ether oxygens (including phenoxy) is 2. The largest absolute Gasteiger partial charge is 0.385 e. The first kappa shape index (κ1) is 20.3. The van der Waals surface area contributed by atoms with E-state index >= 15 is 0 Å². The minimum absolute atomic E-state index is 0.103. The molecule has 6 N–H and O–H groups in total. The third kappa shape index (κ3) is 4.35. The summed E-state index contributed by atoms with van der Waals surface area (Å²) in [5.41, 5.74) is 6.16. The normalized spacial score (nSPS) is 30.3. The van der Waals surface area contributed by atoms with Gasteiger partial charge in [0.1, 0.15) is 24.1 Å². The molecule has 2 aromatic rings. The van der Waals surface area contributed by atoms with E-state index in [1.807, 2.05) is 0 Å². The van der Waals surface area contributed by atoms with Gasteiger partial charge in [-0.05, 0) is 0 Å². The molecule has 27 heavy (non-hydrogen) atoms. The van der Waals surface area contributed by atoms with Crippen LogP contribution in [0.3, 0.4) is 0 Å². The monoisotopic (exact) mass is 425 g/mol. The SMILES string of the molecule is CP(=O)(O)OP(=O)(O)COC1O[C@@H](n2cnc3c(N)ncnc32)[C@H](O)[C@@H]1O. The number of imidazole rings is 1. The molecule has 16 heteroatoms. The number of anilines is 1. The Morgan fingerprint density at radius 3 is 2.63 bits per heavy atom. The molecular weight excluding hydrogens is 408 g/mol. The molecule has 0 bridgehead atoms. The summed E-state index contributed by atoms with van der Waals surface area (Å²) in [4.78, 5) is 30.3. The van der Waals surface area contributed by atoms with E-state index in [0.29, 0.717) is 0 Å². The second-order valence-corrected chi connectivity index (χ2v) is 9.57. The van der Waals surface area contributed by atoms with Crippen molar-refractivity contribution in [2.24, 2.45) is 0 Å². The Hall–Kier alpha value is -1.47. The van der Waals surface area contributed by atoms with Crippen molar-refractivity contribution in [2.75, 3.05) is 18.7 Å². The van der Waals surface area contributed by atoms with Gasteiger partial charge in [-0.1, -0.05) is 0 Å². The summed E-state index contributed by atoms with van der Waals surface area (Å²) >= 11 is 0. The highest BCUT2D eigenvalue weighted by molar-refractivity contribution is 7.65. The summed E-state index contributed by atoms with van der Waals surface area (Å²) in [7, 11) is -8.85. The van der Waals surface area contributed by atoms with Gasteiger partial charge in [0.25, 0.3) is 0 Å². The van der Waals surface area contributed by atoms with E-state index < -0.39 is 46.3 Å². The lowest BCUT2D eigenvalue weighted by Gasteiger charge is -2.18. The molecule has 1 saturated heterocycles. The van der Waals surface area contributed by atoms with Crippen LogP contribution in [0.1, 0.15) is 6.23 Å². The average molecular weight is 425 g/mol. The first-order valence-electron chi connectivity index (χ1n) is 7.38. The lowest BCUT2D eigenvalue weighted by Crippen LogP contribution is -2.33. The predicted molar refractivity (Wildman–Crippen MR) is 88.3 cm³/mol. The molecule has 0 aromatic carbocycles. The summed E-state index contributed by atoms with van der Waals surface area (Å²) in [5.74, 6) is 0.103. The molecule has 1 aliphatic rings. The first-order chi connectivity index (χ1) is 12.5. The highest BCUT2D eigenvalue weighted by atomic mass is 31.3. The number of aliphatic hydroxyl groups is 2. The van der Waals surface area contributed by atoms with Crippen molar-refractivity contribution in [1.82, 2.24) is 19.5 Å². The van der Waals surface area contributed by atoms with Gasteiger partial charge in [-0.3, -0.25) is 13.7 Å². The lowest BCUT2D eigenvalue weighted by molar-refractivity contribution is -0.167. The van der Waals surface area contributed by atoms with Crippen molar-refractivity contribution in [3.8, 4) is 0 Å². The van der Waals surface area contributed by atoms with Gasteiger partial charge < -0.3 is 35.2 Å². The smallest absolute Gasteiger partial charge is 0.360 e. The third-order valence-electron chi connectivity index (χ3n) is 3.54. The zero-order valence-corrected chi connectivity index (χ0v) is 15.6. The molecule has 0 spiro atoms. The molecule has 0 saturated carbocycles. The fourth-order valence-corrected chi connectivity index (χ4v) is 4.90. The number of aromatic nitrogens is 4. The molecule has 3 unspecified atom stereocenters. The Balaban J connectivity index is 1.75. The molecule has 150 valence electrons. The van der Waals surface area contributed by atoms with Crippen molar-refractivity contribution >= 4 is 32.2 Å². The van der Waals surface area contributed by atoms with Crippen molar-refractivity contribution in [2.45, 2.75) is 24.7 Å². The van der Waals surface area contributed by atoms with Crippen LogP contribution in [0.15, 0.2) is 12.7 Å². The summed E-state index contributed by atoms with van der Waals surface area (Å²) in [5, 5.41) is 20.3. The first-order valence-corrected chi connectivity index (χ1v) is 11.2. The zero-order chi connectivity index (χ0) is 20.0. The molecule has 3 rings (SSSR count). The molecular formula is C11H17N5O9P2. The van der Waals surface area contributed by atoms with Crippen LogP contribution in [0.2, 0.25) is 0 Å². The van der Waals surface area contributed by atoms with E-state index in [0.717, 1.165) is 6.66 Å². The maximum absolute atomic E-state index is 11.7. The molecule has 1 aliphatic heterocycles. The van der Waals surface area contributed by atoms with Crippen molar-refractivity contribution in [1.29, 1.82) is 0 Å². The molecule has 3 heterocycles. The summed E-state index contributed by atoms with van der Waals surface area (Å²) in [6, 6.07) is 0. The van der Waals surface area contributed by atoms with Crippen LogP contribution >= 0.6 is 15.2 Å². The molecule has 14 nitrogen and oxygen atoms in total. The Kier molecular flexibility index (Phi) is 5.38. The van der Waals surface area contributed by atoms with Gasteiger partial charge in [0.2, 0.25) is 0 Å². The Morgan fingerprint density at radius 1 is 1.26 bits per heavy atom. The average Bonchev–Trinajstić information content (AvgIpc) is 3.07. The second-order valence-electron chi connectivity index (χ2n) is 5.78. The van der Waals surface area contributed by atoms with Gasteiger partial charge in [-0.25, -0.2) is 19.3 Å². The summed E-state index contributed by atoms with van der Waals surface area (Å²) in [6.45, 7) is 0.730. The highest BCUT2D eigenvalue weighted by Gasteiger charge is 2.46. The second kappa shape index (κ2) is 7.17. The number of rotatable bonds is 6. The Bertz CT molecular complexity index is 932. The van der Waals surface area contributed by atoms with Crippen LogP contribution < -0.4 is 5.73 Å². The predicted octanol–water partition coefficient (Wildman–Crippen LogP) is -1.02. The molecule has 0 radical (unpaired) electrons. The van der Waals surface area contributed by atoms with Crippen LogP contribution in [0.25, 0.3) is 11.2 Å². The lowest BCUT2D eigenvalue weighted by atomic mass is 10.2. The van der Waals surface area contributed by atoms with Gasteiger partial charge in [0, 0.05) is 6.66 Å². The van der Waals surface area contributed by atoms with Gasteiger partial charge in [-0.15, -0.1) is 0 Å². The van der Waals surface area contributed by atoms with E-state index in [2.05, 4.69) is 19.3 Å². The number of hydrogen-bond acceptors (Lipinski definition) is 11. The number of hydrogen-bond donors (Lipinski definition) is 5. The van der Waals surface area contributed by atoms with Gasteiger partial charge in [0.05, 0.1) is 6.33 Å². The summed E-state index contributed by atoms with van der Waals surface area (Å²) in [6.07, 6.45) is -4.44. The fraction of sp³-hybridized carbons (Fsp3) is 0.545. The van der Waals surface area contributed by atoms with Crippen LogP contribution in [0.5, 0.6) is 0 Å². The number of nitrogens with zero attached hydrogens (tertiary/aromatic N) is 4. The highest BCUT2D eigenvalue weighted by Crippen LogP contribution is 2.57. The Morgan fingerprint density at radius 2 is 1.96 bits per heavy atom. The van der Waals surface area contributed by atoms with Crippen LogP contribution in [0, 0.1) is 0 Å². The van der Waals surface area contributed by atoms with Gasteiger partial charge in [0.15, 0.2) is 30.3 Å². The number of fused-ring (bicyclic) bond motifs is 1. The van der Waals surface area contributed by atoms with E-state index in [1.165, 1.54) is 17.2 Å². The summed E-state index contributed by atoms with van der Waals surface area (Å²) < 4.78 is 38.6. The maximum atomic E-state index is 11.7. The molecule has 1 fully saturated rings. The van der Waals surface area contributed by atoms with Crippen molar-refractivity contribution in [3.63, 3.8) is 0 Å². The standard InChI is InChI=1S/C11H17N5O9P2/c1-26(19,20)25-27(21,22)4-23-11-7(18)6(17)10(24-11)16-3-15-5-8(12)13-2-14-9(5)16/h2-3,6-7,10-11,17-18H,4H2,1H3,(H,19,20)(H,21,22)(H2,12,13,14)/t6-,7+,10-,11?/m1/s1.